The first kappa shape index (κ1) is 32.4. The maximum absolute atomic E-state index is 13.2. The molecule has 1 aromatic rings. The molecule has 0 aliphatic carbocycles. The number of nitrogens with zero attached hydrogens (tertiary/aromatic N) is 4. The van der Waals surface area contributed by atoms with Crippen LogP contribution < -0.4 is 16.0 Å². The smallest absolute Gasteiger partial charge is 0.407 e. The molecular weight excluding hydrogens is 550 g/mol. The lowest BCUT2D eigenvalue weighted by atomic mass is 10.0. The third-order valence-electron chi connectivity index (χ3n) is 6.06. The van der Waals surface area contributed by atoms with Crippen LogP contribution in [0.1, 0.15) is 61.3 Å². The quantitative estimate of drug-likeness (QED) is 0.125. The molecule has 2 atom stereocenters. The standard InChI is InChI=1S/C27H39N7O8/c1-17(31-32-33(5)12-14-41-16-15-40-13-11-28-26(39)42-27(2,3)4)29-19-8-6-7-18-22(19)25(38)34(24(18)37)20-9-10-21(35)30-23(20)36/h6-8,17,20,29H,9-16H2,1-5H3,(H,28,39)(H,30,35,36). The molecule has 2 aliphatic rings. The van der Waals surface area contributed by atoms with Gasteiger partial charge in [-0.05, 0) is 46.2 Å². The SMILES string of the molecule is CC(N=NN(C)CCOCCOCCNC(=O)OC(C)(C)C)Nc1cccc2c1C(=O)N(C1CCC(=O)NC1=O)C2=O. The molecule has 3 N–H and O–H groups in total. The molecule has 15 heteroatoms. The molecule has 0 aromatic heterocycles. The number of likely N-dealkylation sites (N-methyl/N-ethyl adjacent to an activating group) is 1. The Balaban J connectivity index is 1.37. The minimum Gasteiger partial charge on any atom is -0.444 e. The fourth-order valence-corrected chi connectivity index (χ4v) is 4.16. The predicted octanol–water partition coefficient (Wildman–Crippen LogP) is 1.70. The molecule has 42 heavy (non-hydrogen) atoms. The Kier molecular flexibility index (Phi) is 11.3. The number of nitrogens with one attached hydrogen (secondary N) is 3. The van der Waals surface area contributed by atoms with Crippen molar-refractivity contribution >= 4 is 35.4 Å². The summed E-state index contributed by atoms with van der Waals surface area (Å²) in [6.45, 7) is 9.37. The molecule has 0 saturated carbocycles. The number of carbonyl (C=O) groups is 5. The molecule has 3 rings (SSSR count). The fraction of sp³-hybridized carbons (Fsp3) is 0.593. The Hall–Kier alpha value is -4.11. The van der Waals surface area contributed by atoms with Crippen molar-refractivity contribution in [3.05, 3.63) is 29.3 Å². The van der Waals surface area contributed by atoms with Gasteiger partial charge in [0.05, 0.1) is 44.1 Å². The topological polar surface area (TPSA) is 180 Å². The van der Waals surface area contributed by atoms with Gasteiger partial charge in [-0.2, -0.15) is 0 Å². The summed E-state index contributed by atoms with van der Waals surface area (Å²) in [7, 11) is 1.73. The summed E-state index contributed by atoms with van der Waals surface area (Å²) >= 11 is 0. The maximum Gasteiger partial charge on any atom is 0.407 e. The molecule has 0 bridgehead atoms. The largest absolute Gasteiger partial charge is 0.444 e. The number of rotatable bonds is 14. The third kappa shape index (κ3) is 9.21. The van der Waals surface area contributed by atoms with E-state index in [1.807, 2.05) is 0 Å². The zero-order chi connectivity index (χ0) is 30.9. The van der Waals surface area contributed by atoms with Crippen molar-refractivity contribution in [3.8, 4) is 0 Å². The van der Waals surface area contributed by atoms with Crippen LogP contribution in [0.25, 0.3) is 0 Å². The Morgan fingerprint density at radius 3 is 2.52 bits per heavy atom. The molecule has 2 aliphatic heterocycles. The number of ether oxygens (including phenoxy) is 3. The average molecular weight is 590 g/mol. The van der Waals surface area contributed by atoms with Gasteiger partial charge in [-0.15, -0.1) is 5.11 Å². The Morgan fingerprint density at radius 1 is 1.12 bits per heavy atom. The van der Waals surface area contributed by atoms with E-state index in [9.17, 15) is 24.0 Å². The van der Waals surface area contributed by atoms with Crippen LogP contribution in [-0.2, 0) is 23.8 Å². The van der Waals surface area contributed by atoms with E-state index in [2.05, 4.69) is 26.3 Å². The average Bonchev–Trinajstić information content (AvgIpc) is 3.16. The van der Waals surface area contributed by atoms with Gasteiger partial charge in [-0.3, -0.25) is 34.4 Å². The van der Waals surface area contributed by atoms with Gasteiger partial charge < -0.3 is 24.8 Å². The van der Waals surface area contributed by atoms with Crippen molar-refractivity contribution in [3.63, 3.8) is 0 Å². The number of benzene rings is 1. The molecule has 230 valence electrons. The van der Waals surface area contributed by atoms with E-state index in [1.54, 1.807) is 51.9 Å². The Morgan fingerprint density at radius 2 is 1.83 bits per heavy atom. The van der Waals surface area contributed by atoms with Crippen LogP contribution in [0.3, 0.4) is 0 Å². The minimum absolute atomic E-state index is 0.0494. The molecular formula is C27H39N7O8. The number of imide groups is 2. The second-order valence-electron chi connectivity index (χ2n) is 10.7. The first-order valence-electron chi connectivity index (χ1n) is 13.7. The number of hydrogen-bond acceptors (Lipinski definition) is 11. The lowest BCUT2D eigenvalue weighted by molar-refractivity contribution is -0.136. The fourth-order valence-electron chi connectivity index (χ4n) is 4.16. The normalized spacial score (nSPS) is 17.7. The molecule has 1 fully saturated rings. The van der Waals surface area contributed by atoms with Gasteiger partial charge in [0.25, 0.3) is 11.8 Å². The van der Waals surface area contributed by atoms with Crippen molar-refractivity contribution in [1.29, 1.82) is 0 Å². The summed E-state index contributed by atoms with van der Waals surface area (Å²) in [6.07, 6.45) is -0.903. The predicted molar refractivity (Wildman–Crippen MR) is 150 cm³/mol. The molecule has 1 saturated heterocycles. The zero-order valence-corrected chi connectivity index (χ0v) is 24.6. The van der Waals surface area contributed by atoms with Crippen molar-refractivity contribution in [2.75, 3.05) is 51.9 Å². The first-order chi connectivity index (χ1) is 19.9. The van der Waals surface area contributed by atoms with Gasteiger partial charge >= 0.3 is 6.09 Å². The first-order valence-corrected chi connectivity index (χ1v) is 13.7. The van der Waals surface area contributed by atoms with Crippen LogP contribution in [-0.4, -0.2) is 104 Å². The Bertz CT molecular complexity index is 1200. The van der Waals surface area contributed by atoms with E-state index < -0.39 is 47.5 Å². The number of alkyl carbamates (subject to hydrolysis) is 1. The second kappa shape index (κ2) is 14.7. The number of hydrogen-bond donors (Lipinski definition) is 3. The van der Waals surface area contributed by atoms with Crippen LogP contribution in [0.2, 0.25) is 0 Å². The number of piperidine rings is 1. The lowest BCUT2D eigenvalue weighted by Gasteiger charge is -2.27. The summed E-state index contributed by atoms with van der Waals surface area (Å²) in [5, 5.41) is 17.8. The van der Waals surface area contributed by atoms with Gasteiger partial charge in [0.1, 0.15) is 17.8 Å². The molecule has 0 spiro atoms. The number of anilines is 1. The van der Waals surface area contributed by atoms with Crippen molar-refractivity contribution in [2.24, 2.45) is 10.3 Å². The number of fused-ring (bicyclic) bond motifs is 1. The van der Waals surface area contributed by atoms with Gasteiger partial charge in [-0.25, -0.2) is 4.79 Å². The van der Waals surface area contributed by atoms with E-state index in [1.165, 1.54) is 6.07 Å². The molecule has 0 radical (unpaired) electrons. The Labute approximate surface area is 244 Å². The van der Waals surface area contributed by atoms with Gasteiger partial charge in [0.15, 0.2) is 0 Å². The van der Waals surface area contributed by atoms with Crippen LogP contribution >= 0.6 is 0 Å². The maximum atomic E-state index is 13.2. The lowest BCUT2D eigenvalue weighted by Crippen LogP contribution is -2.54. The van der Waals surface area contributed by atoms with Crippen LogP contribution in [0.15, 0.2) is 28.5 Å². The van der Waals surface area contributed by atoms with Gasteiger partial charge in [0.2, 0.25) is 11.8 Å². The zero-order valence-electron chi connectivity index (χ0n) is 24.6. The summed E-state index contributed by atoms with van der Waals surface area (Å²) in [5.74, 6) is -2.27. The highest BCUT2D eigenvalue weighted by atomic mass is 16.6. The van der Waals surface area contributed by atoms with E-state index >= 15 is 0 Å². The van der Waals surface area contributed by atoms with Crippen molar-refractivity contribution in [1.82, 2.24) is 20.5 Å². The summed E-state index contributed by atoms with van der Waals surface area (Å²) in [6, 6.07) is 3.77. The van der Waals surface area contributed by atoms with E-state index in [0.717, 1.165) is 4.90 Å². The van der Waals surface area contributed by atoms with Crippen LogP contribution in [0, 0.1) is 0 Å². The highest BCUT2D eigenvalue weighted by Crippen LogP contribution is 2.32. The minimum atomic E-state index is -1.04. The van der Waals surface area contributed by atoms with E-state index in [-0.39, 0.29) is 24.0 Å². The summed E-state index contributed by atoms with van der Waals surface area (Å²) in [5.41, 5.74) is 0.169. The van der Waals surface area contributed by atoms with Crippen molar-refractivity contribution < 1.29 is 38.2 Å². The molecule has 5 amide bonds. The second-order valence-corrected chi connectivity index (χ2v) is 10.7. The third-order valence-corrected chi connectivity index (χ3v) is 6.06. The highest BCUT2D eigenvalue weighted by molar-refractivity contribution is 6.25. The van der Waals surface area contributed by atoms with Gasteiger partial charge in [0, 0.05) is 25.7 Å². The summed E-state index contributed by atoms with van der Waals surface area (Å²) in [4.78, 5) is 62.5. The van der Waals surface area contributed by atoms with Gasteiger partial charge in [-0.1, -0.05) is 11.3 Å². The van der Waals surface area contributed by atoms with Crippen LogP contribution in [0.4, 0.5) is 10.5 Å². The van der Waals surface area contributed by atoms with Crippen molar-refractivity contribution in [2.45, 2.75) is 58.3 Å². The molecule has 1 aromatic carbocycles. The summed E-state index contributed by atoms with van der Waals surface area (Å²) < 4.78 is 16.1. The molecule has 15 nitrogen and oxygen atoms in total. The molecule has 2 heterocycles. The highest BCUT2D eigenvalue weighted by Gasteiger charge is 2.45. The van der Waals surface area contributed by atoms with E-state index in [0.29, 0.717) is 45.2 Å². The monoisotopic (exact) mass is 589 g/mol. The number of amides is 5. The van der Waals surface area contributed by atoms with E-state index in [4.69, 9.17) is 14.2 Å². The molecule has 2 unspecified atom stereocenters. The number of carbonyl (C=O) groups excluding carboxylic acids is 5. The van der Waals surface area contributed by atoms with Crippen LogP contribution in [0.5, 0.6) is 0 Å².